The SMILES string of the molecule is Cc1c(Sc2cccc(C(=O)O)c2)c2ccc(Cl)c(F)c2n1CC(=O)N1CCC12CCN(C)CC2. The van der Waals surface area contributed by atoms with Gasteiger partial charge in [-0.3, -0.25) is 4.79 Å². The van der Waals surface area contributed by atoms with Crippen LogP contribution in [0.4, 0.5) is 4.39 Å². The fraction of sp³-hybridized carbons (Fsp3) is 0.385. The molecule has 1 amide bonds. The minimum Gasteiger partial charge on any atom is -0.478 e. The number of hydrogen-bond acceptors (Lipinski definition) is 4. The number of fused-ring (bicyclic) bond motifs is 1. The third kappa shape index (κ3) is 4.21. The van der Waals surface area contributed by atoms with E-state index >= 15 is 4.39 Å². The summed E-state index contributed by atoms with van der Waals surface area (Å²) in [5, 5.41) is 10.0. The highest BCUT2D eigenvalue weighted by Gasteiger charge is 2.48. The van der Waals surface area contributed by atoms with Gasteiger partial charge in [-0.25, -0.2) is 9.18 Å². The van der Waals surface area contributed by atoms with E-state index < -0.39 is 11.8 Å². The average Bonchev–Trinajstić information content (AvgIpc) is 3.07. The minimum absolute atomic E-state index is 0.00358. The highest BCUT2D eigenvalue weighted by Crippen LogP contribution is 2.42. The van der Waals surface area contributed by atoms with Crippen LogP contribution < -0.4 is 0 Å². The number of amides is 1. The van der Waals surface area contributed by atoms with Crippen molar-refractivity contribution in [2.75, 3.05) is 26.7 Å². The lowest BCUT2D eigenvalue weighted by Gasteiger charge is -2.56. The smallest absolute Gasteiger partial charge is 0.335 e. The van der Waals surface area contributed by atoms with Gasteiger partial charge in [0.05, 0.1) is 16.1 Å². The number of carbonyl (C=O) groups is 2. The van der Waals surface area contributed by atoms with Crippen molar-refractivity contribution in [2.24, 2.45) is 0 Å². The van der Waals surface area contributed by atoms with E-state index in [1.54, 1.807) is 22.8 Å². The highest BCUT2D eigenvalue weighted by molar-refractivity contribution is 7.99. The summed E-state index contributed by atoms with van der Waals surface area (Å²) in [6, 6.07) is 9.92. The summed E-state index contributed by atoms with van der Waals surface area (Å²) in [6.07, 6.45) is 2.93. The summed E-state index contributed by atoms with van der Waals surface area (Å²) in [7, 11) is 2.10. The maximum atomic E-state index is 15.3. The molecule has 2 aromatic carbocycles. The summed E-state index contributed by atoms with van der Waals surface area (Å²) in [6.45, 7) is 4.57. The summed E-state index contributed by atoms with van der Waals surface area (Å²) < 4.78 is 17.1. The van der Waals surface area contributed by atoms with Crippen molar-refractivity contribution in [1.29, 1.82) is 0 Å². The molecule has 9 heteroatoms. The zero-order valence-corrected chi connectivity index (χ0v) is 21.3. The average molecular weight is 516 g/mol. The number of carboxylic acid groups (broad SMARTS) is 1. The molecule has 0 atom stereocenters. The van der Waals surface area contributed by atoms with Crippen molar-refractivity contribution in [1.82, 2.24) is 14.4 Å². The van der Waals surface area contributed by atoms with Gasteiger partial charge in [0.15, 0.2) is 5.82 Å². The zero-order chi connectivity index (χ0) is 24.9. The number of halogens is 2. The summed E-state index contributed by atoms with van der Waals surface area (Å²) in [4.78, 5) is 30.7. The van der Waals surface area contributed by atoms with Gasteiger partial charge in [0, 0.05) is 46.0 Å². The zero-order valence-electron chi connectivity index (χ0n) is 19.7. The van der Waals surface area contributed by atoms with E-state index in [1.165, 1.54) is 23.9 Å². The summed E-state index contributed by atoms with van der Waals surface area (Å²) in [5.41, 5.74) is 1.16. The molecular weight excluding hydrogens is 489 g/mol. The van der Waals surface area contributed by atoms with E-state index in [0.717, 1.165) is 54.4 Å². The molecule has 0 radical (unpaired) electrons. The van der Waals surface area contributed by atoms with Crippen molar-refractivity contribution in [3.63, 3.8) is 0 Å². The molecule has 2 saturated heterocycles. The molecule has 0 saturated carbocycles. The van der Waals surface area contributed by atoms with E-state index in [-0.39, 0.29) is 28.6 Å². The van der Waals surface area contributed by atoms with Gasteiger partial charge < -0.3 is 19.5 Å². The molecule has 0 aliphatic carbocycles. The Bertz CT molecular complexity index is 1330. The Labute approximate surface area is 212 Å². The predicted octanol–water partition coefficient (Wildman–Crippen LogP) is 5.29. The van der Waals surface area contributed by atoms with Crippen LogP contribution in [0.3, 0.4) is 0 Å². The molecule has 5 rings (SSSR count). The Morgan fingerprint density at radius 1 is 1.14 bits per heavy atom. The number of aromatic carboxylic acids is 1. The van der Waals surface area contributed by atoms with E-state index in [2.05, 4.69) is 11.9 Å². The number of nitrogens with zero attached hydrogens (tertiary/aromatic N) is 3. The van der Waals surface area contributed by atoms with Gasteiger partial charge in [-0.1, -0.05) is 29.4 Å². The number of rotatable bonds is 5. The van der Waals surface area contributed by atoms with E-state index in [1.807, 2.05) is 17.9 Å². The standard InChI is InChI=1S/C26H27ClFN3O3S/c1-16-24(35-18-5-3-4-17(14-18)25(33)34)19-6-7-20(27)22(28)23(19)30(16)15-21(32)31-13-10-26(31)8-11-29(2)12-9-26/h3-7,14H,8-13,15H2,1-2H3,(H,33,34). The fourth-order valence-electron chi connectivity index (χ4n) is 5.31. The summed E-state index contributed by atoms with van der Waals surface area (Å²) in [5.74, 6) is -1.57. The van der Waals surface area contributed by atoms with Crippen LogP contribution in [0, 0.1) is 12.7 Å². The van der Waals surface area contributed by atoms with Crippen molar-refractivity contribution in [2.45, 2.75) is 48.1 Å². The molecule has 1 spiro atoms. The summed E-state index contributed by atoms with van der Waals surface area (Å²) >= 11 is 7.51. The van der Waals surface area contributed by atoms with Gasteiger partial charge in [-0.15, -0.1) is 0 Å². The Morgan fingerprint density at radius 2 is 1.86 bits per heavy atom. The number of benzene rings is 2. The third-order valence-corrected chi connectivity index (χ3v) is 9.00. The van der Waals surface area contributed by atoms with Gasteiger partial charge in [0.1, 0.15) is 6.54 Å². The lowest BCUT2D eigenvalue weighted by molar-refractivity contribution is -0.152. The number of hydrogen-bond donors (Lipinski definition) is 1. The first-order valence-electron chi connectivity index (χ1n) is 11.7. The molecule has 0 bridgehead atoms. The largest absolute Gasteiger partial charge is 0.478 e. The van der Waals surface area contributed by atoms with E-state index in [0.29, 0.717) is 10.9 Å². The third-order valence-electron chi connectivity index (χ3n) is 7.50. The van der Waals surface area contributed by atoms with E-state index in [9.17, 15) is 14.7 Å². The molecular formula is C26H27ClFN3O3S. The lowest BCUT2D eigenvalue weighted by Crippen LogP contribution is -2.66. The second kappa shape index (κ2) is 9.15. The van der Waals surface area contributed by atoms with Gasteiger partial charge >= 0.3 is 5.97 Å². The maximum absolute atomic E-state index is 15.3. The molecule has 6 nitrogen and oxygen atoms in total. The van der Waals surface area contributed by atoms with Crippen LogP contribution in [0.25, 0.3) is 10.9 Å². The maximum Gasteiger partial charge on any atom is 0.335 e. The van der Waals surface area contributed by atoms with Gasteiger partial charge in [0.25, 0.3) is 0 Å². The number of carbonyl (C=O) groups excluding carboxylic acids is 1. The normalized spacial score (nSPS) is 17.7. The molecule has 35 heavy (non-hydrogen) atoms. The second-order valence-electron chi connectivity index (χ2n) is 9.52. The lowest BCUT2D eigenvalue weighted by atomic mass is 9.76. The fourth-order valence-corrected chi connectivity index (χ4v) is 6.57. The van der Waals surface area contributed by atoms with Crippen LogP contribution in [0.15, 0.2) is 46.2 Å². The molecule has 2 fully saturated rings. The molecule has 2 aliphatic heterocycles. The van der Waals surface area contributed by atoms with Crippen molar-refractivity contribution in [3.05, 3.63) is 58.5 Å². The van der Waals surface area contributed by atoms with Crippen LogP contribution in [0.1, 0.15) is 35.3 Å². The van der Waals surface area contributed by atoms with Crippen LogP contribution in [0.2, 0.25) is 5.02 Å². The first kappa shape index (κ1) is 24.2. The molecule has 0 unspecified atom stereocenters. The van der Waals surface area contributed by atoms with E-state index in [4.69, 9.17) is 11.6 Å². The first-order valence-corrected chi connectivity index (χ1v) is 12.9. The molecule has 184 valence electrons. The molecule has 3 heterocycles. The second-order valence-corrected chi connectivity index (χ2v) is 11.0. The topological polar surface area (TPSA) is 65.8 Å². The Morgan fingerprint density at radius 3 is 2.51 bits per heavy atom. The van der Waals surface area contributed by atoms with Crippen LogP contribution >= 0.6 is 23.4 Å². The predicted molar refractivity (Wildman–Crippen MR) is 135 cm³/mol. The Balaban J connectivity index is 1.50. The number of likely N-dealkylation sites (tertiary alicyclic amines) is 2. The van der Waals surface area contributed by atoms with Gasteiger partial charge in [0.2, 0.25) is 5.91 Å². The van der Waals surface area contributed by atoms with Crippen molar-refractivity contribution >= 4 is 46.1 Å². The quantitative estimate of drug-likeness (QED) is 0.500. The number of piperidine rings is 1. The molecule has 3 aromatic rings. The Hall–Kier alpha value is -2.55. The van der Waals surface area contributed by atoms with Crippen LogP contribution in [-0.4, -0.2) is 63.6 Å². The van der Waals surface area contributed by atoms with Crippen LogP contribution in [0.5, 0.6) is 0 Å². The molecule has 1 aromatic heterocycles. The van der Waals surface area contributed by atoms with Gasteiger partial charge in [-0.05, 0) is 63.6 Å². The van der Waals surface area contributed by atoms with Gasteiger partial charge in [-0.2, -0.15) is 0 Å². The number of aromatic nitrogens is 1. The van der Waals surface area contributed by atoms with Crippen molar-refractivity contribution < 1.29 is 19.1 Å². The van der Waals surface area contributed by atoms with Crippen molar-refractivity contribution in [3.8, 4) is 0 Å². The molecule has 2 aliphatic rings. The minimum atomic E-state index is -1.01. The van der Waals surface area contributed by atoms with Crippen LogP contribution in [-0.2, 0) is 11.3 Å². The Kier molecular flexibility index (Phi) is 6.32. The molecule has 1 N–H and O–H groups in total. The number of carboxylic acids is 1. The highest BCUT2D eigenvalue weighted by atomic mass is 35.5. The first-order chi connectivity index (χ1) is 16.7. The monoisotopic (exact) mass is 515 g/mol.